The summed E-state index contributed by atoms with van der Waals surface area (Å²) >= 11 is 0. The third-order valence-electron chi connectivity index (χ3n) is 4.90. The summed E-state index contributed by atoms with van der Waals surface area (Å²) < 4.78 is 31.6. The molecule has 1 aromatic heterocycles. The highest BCUT2D eigenvalue weighted by molar-refractivity contribution is 14.0. The van der Waals surface area contributed by atoms with Gasteiger partial charge in [-0.3, -0.25) is 0 Å². The van der Waals surface area contributed by atoms with Crippen LogP contribution in [0, 0.1) is 18.6 Å². The van der Waals surface area contributed by atoms with Gasteiger partial charge in [0, 0.05) is 37.4 Å². The van der Waals surface area contributed by atoms with Gasteiger partial charge in [-0.2, -0.15) is 0 Å². The van der Waals surface area contributed by atoms with Crippen molar-refractivity contribution in [3.8, 4) is 5.75 Å². The Morgan fingerprint density at radius 1 is 1.19 bits per heavy atom. The van der Waals surface area contributed by atoms with Crippen LogP contribution in [0.2, 0.25) is 0 Å². The molecule has 170 valence electrons. The first-order valence-corrected chi connectivity index (χ1v) is 10.4. The van der Waals surface area contributed by atoms with Crippen LogP contribution in [-0.2, 0) is 0 Å². The molecule has 0 saturated carbocycles. The number of aliphatic imine (C=N–C) groups is 1. The minimum Gasteiger partial charge on any atom is -0.492 e. The molecule has 2 heterocycles. The second kappa shape index (κ2) is 12.6. The summed E-state index contributed by atoms with van der Waals surface area (Å²) in [6, 6.07) is 9.93. The zero-order valence-electron chi connectivity index (χ0n) is 17.9. The zero-order valence-corrected chi connectivity index (χ0v) is 20.2. The average Bonchev–Trinajstić information content (AvgIpc) is 2.74. The van der Waals surface area contributed by atoms with Crippen LogP contribution in [0.1, 0.15) is 25.5 Å². The maximum Gasteiger partial charge on any atom is 0.191 e. The van der Waals surface area contributed by atoms with Crippen molar-refractivity contribution in [1.82, 2.24) is 15.6 Å². The minimum atomic E-state index is -0.918. The summed E-state index contributed by atoms with van der Waals surface area (Å²) in [5.41, 5.74) is 1.03. The van der Waals surface area contributed by atoms with Gasteiger partial charge in [0.25, 0.3) is 0 Å². The molecule has 0 radical (unpaired) electrons. The fraction of sp³-hybridized carbons (Fsp3) is 0.455. The molecule has 0 atom stereocenters. The number of pyridine rings is 1. The van der Waals surface area contributed by atoms with Gasteiger partial charge < -0.3 is 20.3 Å². The number of anilines is 1. The molecular formula is C22H30F2IN5O. The Hall–Kier alpha value is -2.17. The number of hydrogen-bond donors (Lipinski definition) is 2. The van der Waals surface area contributed by atoms with Crippen molar-refractivity contribution < 1.29 is 13.5 Å². The van der Waals surface area contributed by atoms with E-state index in [1.54, 1.807) is 0 Å². The van der Waals surface area contributed by atoms with Gasteiger partial charge >= 0.3 is 0 Å². The summed E-state index contributed by atoms with van der Waals surface area (Å²) in [5.74, 6) is 0.252. The van der Waals surface area contributed by atoms with Gasteiger partial charge in [0.1, 0.15) is 18.2 Å². The highest BCUT2D eigenvalue weighted by Crippen LogP contribution is 2.18. The van der Waals surface area contributed by atoms with Gasteiger partial charge in [-0.25, -0.2) is 18.8 Å². The number of halogens is 3. The van der Waals surface area contributed by atoms with Crippen LogP contribution in [0.3, 0.4) is 0 Å². The normalized spacial score (nSPS) is 14.7. The molecule has 31 heavy (non-hydrogen) atoms. The maximum atomic E-state index is 13.2. The van der Waals surface area contributed by atoms with Gasteiger partial charge in [-0.15, -0.1) is 24.0 Å². The zero-order chi connectivity index (χ0) is 21.3. The molecule has 1 aliphatic rings. The van der Waals surface area contributed by atoms with Crippen LogP contribution in [0.4, 0.5) is 14.6 Å². The van der Waals surface area contributed by atoms with Crippen LogP contribution >= 0.6 is 24.0 Å². The molecule has 1 saturated heterocycles. The van der Waals surface area contributed by atoms with Gasteiger partial charge in [0.2, 0.25) is 0 Å². The summed E-state index contributed by atoms with van der Waals surface area (Å²) in [6.07, 6.45) is 1.98. The Bertz CT molecular complexity index is 860. The van der Waals surface area contributed by atoms with E-state index >= 15 is 0 Å². The molecule has 1 aromatic carbocycles. The lowest BCUT2D eigenvalue weighted by Crippen LogP contribution is -2.49. The quantitative estimate of drug-likeness (QED) is 0.239. The van der Waals surface area contributed by atoms with E-state index in [-0.39, 0.29) is 30.6 Å². The van der Waals surface area contributed by atoms with E-state index in [9.17, 15) is 8.78 Å². The van der Waals surface area contributed by atoms with Gasteiger partial charge in [0.05, 0.1) is 6.54 Å². The summed E-state index contributed by atoms with van der Waals surface area (Å²) in [6.45, 7) is 7.33. The number of guanidine groups is 1. The smallest absolute Gasteiger partial charge is 0.191 e. The maximum absolute atomic E-state index is 13.2. The third kappa shape index (κ3) is 7.79. The van der Waals surface area contributed by atoms with Crippen molar-refractivity contribution in [2.75, 3.05) is 37.7 Å². The van der Waals surface area contributed by atoms with E-state index < -0.39 is 11.6 Å². The molecule has 0 amide bonds. The largest absolute Gasteiger partial charge is 0.492 e. The van der Waals surface area contributed by atoms with E-state index in [0.29, 0.717) is 18.3 Å². The van der Waals surface area contributed by atoms with Crippen LogP contribution in [0.5, 0.6) is 5.75 Å². The summed E-state index contributed by atoms with van der Waals surface area (Å²) in [5, 5.41) is 6.73. The number of benzene rings is 1. The topological polar surface area (TPSA) is 61.8 Å². The van der Waals surface area contributed by atoms with E-state index in [4.69, 9.17) is 4.74 Å². The number of hydrogen-bond acceptors (Lipinski definition) is 4. The number of nitrogens with zero attached hydrogens (tertiary/aromatic N) is 3. The standard InChI is InChI=1S/C22H29F2N5O.HI/c1-3-25-22(26-11-14-30-18-7-8-19(23)20(24)15-18)28-17-9-12-29(13-10-17)21-6-4-5-16(2)27-21;/h4-8,15,17H,3,9-14H2,1-2H3,(H2,25,26,28);1H. The first kappa shape index (κ1) is 25.1. The Balaban J connectivity index is 0.00000341. The van der Waals surface area contributed by atoms with E-state index in [1.807, 2.05) is 26.0 Å². The molecule has 0 bridgehead atoms. The van der Waals surface area contributed by atoms with Crippen LogP contribution < -0.4 is 20.3 Å². The highest BCUT2D eigenvalue weighted by Gasteiger charge is 2.21. The fourth-order valence-electron chi connectivity index (χ4n) is 3.36. The van der Waals surface area contributed by atoms with Gasteiger partial charge in [-0.05, 0) is 51.0 Å². The summed E-state index contributed by atoms with van der Waals surface area (Å²) in [4.78, 5) is 11.4. The van der Waals surface area contributed by atoms with E-state index in [2.05, 4.69) is 31.6 Å². The predicted molar refractivity (Wildman–Crippen MR) is 131 cm³/mol. The van der Waals surface area contributed by atoms with Crippen LogP contribution in [-0.4, -0.2) is 49.8 Å². The number of nitrogens with one attached hydrogen (secondary N) is 2. The highest BCUT2D eigenvalue weighted by atomic mass is 127. The molecular weight excluding hydrogens is 515 g/mol. The molecule has 0 aliphatic carbocycles. The van der Waals surface area contributed by atoms with E-state index in [0.717, 1.165) is 62.1 Å². The average molecular weight is 545 g/mol. The Labute approximate surface area is 199 Å². The minimum absolute atomic E-state index is 0. The van der Waals surface area contributed by atoms with Crippen molar-refractivity contribution in [3.05, 3.63) is 53.7 Å². The third-order valence-corrected chi connectivity index (χ3v) is 4.90. The molecule has 2 N–H and O–H groups in total. The lowest BCUT2D eigenvalue weighted by Gasteiger charge is -2.34. The number of ether oxygens (including phenoxy) is 1. The first-order chi connectivity index (χ1) is 14.5. The Morgan fingerprint density at radius 3 is 2.65 bits per heavy atom. The van der Waals surface area contributed by atoms with Crippen molar-refractivity contribution in [2.24, 2.45) is 4.99 Å². The fourth-order valence-corrected chi connectivity index (χ4v) is 3.36. The first-order valence-electron chi connectivity index (χ1n) is 10.4. The number of rotatable bonds is 7. The van der Waals surface area contributed by atoms with Crippen molar-refractivity contribution >= 4 is 35.8 Å². The monoisotopic (exact) mass is 545 g/mol. The Kier molecular flexibility index (Phi) is 10.2. The van der Waals surface area contributed by atoms with Gasteiger partial charge in [-0.1, -0.05) is 6.07 Å². The molecule has 9 heteroatoms. The molecule has 0 spiro atoms. The SMILES string of the molecule is CCNC(=NCCOc1ccc(F)c(F)c1)NC1CCN(c2cccc(C)n2)CC1.I. The van der Waals surface area contributed by atoms with Crippen LogP contribution in [0.25, 0.3) is 0 Å². The molecule has 6 nitrogen and oxygen atoms in total. The van der Waals surface area contributed by atoms with Crippen molar-refractivity contribution in [2.45, 2.75) is 32.7 Å². The number of aryl methyl sites for hydroxylation is 1. The molecule has 0 unspecified atom stereocenters. The molecule has 1 fully saturated rings. The number of piperidine rings is 1. The second-order valence-corrected chi connectivity index (χ2v) is 7.23. The lowest BCUT2D eigenvalue weighted by molar-refractivity contribution is 0.325. The Morgan fingerprint density at radius 2 is 1.97 bits per heavy atom. The lowest BCUT2D eigenvalue weighted by atomic mass is 10.1. The van der Waals surface area contributed by atoms with Crippen molar-refractivity contribution in [1.29, 1.82) is 0 Å². The number of aromatic nitrogens is 1. The van der Waals surface area contributed by atoms with Gasteiger partial charge in [0.15, 0.2) is 17.6 Å². The van der Waals surface area contributed by atoms with Crippen molar-refractivity contribution in [3.63, 3.8) is 0 Å². The van der Waals surface area contributed by atoms with Crippen LogP contribution in [0.15, 0.2) is 41.4 Å². The van der Waals surface area contributed by atoms with E-state index in [1.165, 1.54) is 6.07 Å². The molecule has 3 rings (SSSR count). The predicted octanol–water partition coefficient (Wildman–Crippen LogP) is 3.89. The molecule has 2 aromatic rings. The second-order valence-electron chi connectivity index (χ2n) is 7.23. The molecule has 1 aliphatic heterocycles. The summed E-state index contributed by atoms with van der Waals surface area (Å²) in [7, 11) is 0.